The molecule has 0 heterocycles. The number of benzene rings is 1. The number of halogens is 2. The van der Waals surface area contributed by atoms with Gasteiger partial charge in [0.05, 0.1) is 15.6 Å². The number of carbonyl (C=O) groups is 1. The third-order valence-corrected chi connectivity index (χ3v) is 5.43. The first-order valence-corrected chi connectivity index (χ1v) is 8.90. The number of rotatable bonds is 5. The Morgan fingerprint density at radius 1 is 1.33 bits per heavy atom. The summed E-state index contributed by atoms with van der Waals surface area (Å²) in [7, 11) is -4.01. The fourth-order valence-electron chi connectivity index (χ4n) is 2.22. The minimum atomic E-state index is -4.01. The minimum Gasteiger partial charge on any atom is -0.352 e. The van der Waals surface area contributed by atoms with Crippen LogP contribution in [0.3, 0.4) is 0 Å². The zero-order chi connectivity index (χ0) is 15.6. The van der Waals surface area contributed by atoms with E-state index in [0.29, 0.717) is 12.5 Å². The molecule has 116 valence electrons. The van der Waals surface area contributed by atoms with E-state index in [4.69, 9.17) is 28.3 Å². The van der Waals surface area contributed by atoms with E-state index in [-0.39, 0.29) is 20.5 Å². The largest absolute Gasteiger partial charge is 0.352 e. The van der Waals surface area contributed by atoms with Crippen molar-refractivity contribution < 1.29 is 13.2 Å². The summed E-state index contributed by atoms with van der Waals surface area (Å²) in [6.45, 7) is 0.510. The van der Waals surface area contributed by atoms with E-state index < -0.39 is 15.9 Å². The summed E-state index contributed by atoms with van der Waals surface area (Å²) in [4.78, 5) is 11.8. The molecule has 1 amide bonds. The van der Waals surface area contributed by atoms with Crippen molar-refractivity contribution in [2.45, 2.75) is 30.6 Å². The molecular formula is C13H16Cl2N2O3S. The van der Waals surface area contributed by atoms with Gasteiger partial charge in [0, 0.05) is 6.54 Å². The molecule has 8 heteroatoms. The van der Waals surface area contributed by atoms with Crippen molar-refractivity contribution in [2.24, 2.45) is 11.1 Å². The first kappa shape index (κ1) is 16.5. The lowest BCUT2D eigenvalue weighted by Gasteiger charge is -2.25. The van der Waals surface area contributed by atoms with E-state index in [2.05, 4.69) is 5.32 Å². The molecule has 1 aromatic rings. The van der Waals surface area contributed by atoms with Crippen molar-refractivity contribution in [3.63, 3.8) is 0 Å². The highest BCUT2D eigenvalue weighted by atomic mass is 35.5. The Balaban J connectivity index is 2.15. The third-order valence-electron chi connectivity index (χ3n) is 3.65. The second kappa shape index (κ2) is 6.52. The quantitative estimate of drug-likeness (QED) is 0.854. The maximum Gasteiger partial charge on any atom is 0.254 e. The number of nitrogens with two attached hydrogens (primary N) is 1. The molecule has 2 rings (SSSR count). The molecule has 3 N–H and O–H groups in total. The first-order chi connectivity index (χ1) is 9.80. The highest BCUT2D eigenvalue weighted by Gasteiger charge is 2.23. The molecule has 0 unspecified atom stereocenters. The van der Waals surface area contributed by atoms with Crippen LogP contribution in [0.2, 0.25) is 10.0 Å². The Hall–Kier alpha value is -0.820. The summed E-state index contributed by atoms with van der Waals surface area (Å²) in [5.74, 6) is 0.168. The Morgan fingerprint density at radius 2 is 2.00 bits per heavy atom. The second-order valence-electron chi connectivity index (χ2n) is 5.12. The maximum atomic E-state index is 12.1. The van der Waals surface area contributed by atoms with E-state index in [1.165, 1.54) is 31.4 Å². The fraction of sp³-hybridized carbons (Fsp3) is 0.462. The SMILES string of the molecule is NS(=O)(=O)c1ccc(Cl)c(C(=O)NCCC2CCC2)c1Cl. The zero-order valence-electron chi connectivity index (χ0n) is 11.2. The fourth-order valence-corrected chi connectivity index (χ4v) is 3.70. The van der Waals surface area contributed by atoms with Crippen molar-refractivity contribution in [1.82, 2.24) is 5.32 Å². The molecule has 0 radical (unpaired) electrons. The van der Waals surface area contributed by atoms with Crippen LogP contribution in [0.5, 0.6) is 0 Å². The zero-order valence-corrected chi connectivity index (χ0v) is 13.6. The predicted octanol–water partition coefficient (Wildman–Crippen LogP) is 2.56. The van der Waals surface area contributed by atoms with E-state index in [1.54, 1.807) is 0 Å². The molecular weight excluding hydrogens is 335 g/mol. The monoisotopic (exact) mass is 350 g/mol. The van der Waals surface area contributed by atoms with Crippen molar-refractivity contribution in [3.05, 3.63) is 27.7 Å². The van der Waals surface area contributed by atoms with Crippen LogP contribution in [0, 0.1) is 5.92 Å². The summed E-state index contributed by atoms with van der Waals surface area (Å²) in [5.41, 5.74) is -0.0570. The Labute approximate surface area is 133 Å². The Kier molecular flexibility index (Phi) is 5.14. The number of carbonyl (C=O) groups excluding carboxylic acids is 1. The van der Waals surface area contributed by atoms with E-state index in [9.17, 15) is 13.2 Å². The molecule has 1 fully saturated rings. The lowest BCUT2D eigenvalue weighted by Crippen LogP contribution is -2.28. The van der Waals surface area contributed by atoms with Gasteiger partial charge in [0.25, 0.3) is 5.91 Å². The van der Waals surface area contributed by atoms with E-state index in [1.807, 2.05) is 0 Å². The van der Waals surface area contributed by atoms with Crippen molar-refractivity contribution in [3.8, 4) is 0 Å². The van der Waals surface area contributed by atoms with Gasteiger partial charge in [-0.15, -0.1) is 0 Å². The molecule has 0 atom stereocenters. The molecule has 0 aliphatic heterocycles. The lowest BCUT2D eigenvalue weighted by atomic mass is 9.83. The van der Waals surface area contributed by atoms with Crippen LogP contribution >= 0.6 is 23.2 Å². The van der Waals surface area contributed by atoms with Crippen molar-refractivity contribution >= 4 is 39.1 Å². The van der Waals surface area contributed by atoms with Gasteiger partial charge < -0.3 is 5.32 Å². The first-order valence-electron chi connectivity index (χ1n) is 6.59. The van der Waals surface area contributed by atoms with E-state index >= 15 is 0 Å². The molecule has 0 spiro atoms. The maximum absolute atomic E-state index is 12.1. The molecule has 5 nitrogen and oxygen atoms in total. The van der Waals surface area contributed by atoms with Crippen LogP contribution in [-0.4, -0.2) is 20.9 Å². The van der Waals surface area contributed by atoms with Gasteiger partial charge in [-0.05, 0) is 24.5 Å². The molecule has 1 aliphatic rings. The Morgan fingerprint density at radius 3 is 2.52 bits per heavy atom. The van der Waals surface area contributed by atoms with Crippen LogP contribution in [0.1, 0.15) is 36.0 Å². The van der Waals surface area contributed by atoms with Gasteiger partial charge >= 0.3 is 0 Å². The van der Waals surface area contributed by atoms with E-state index in [0.717, 1.165) is 6.42 Å². The van der Waals surface area contributed by atoms with Crippen LogP contribution in [0.4, 0.5) is 0 Å². The van der Waals surface area contributed by atoms with Crippen LogP contribution < -0.4 is 10.5 Å². The highest BCUT2D eigenvalue weighted by Crippen LogP contribution is 2.31. The second-order valence-corrected chi connectivity index (χ2v) is 7.44. The summed E-state index contributed by atoms with van der Waals surface area (Å²) in [6.07, 6.45) is 4.53. The number of primary sulfonamides is 1. The predicted molar refractivity (Wildman–Crippen MR) is 82.1 cm³/mol. The van der Waals surface area contributed by atoms with Crippen molar-refractivity contribution in [2.75, 3.05) is 6.54 Å². The van der Waals surface area contributed by atoms with Crippen LogP contribution in [-0.2, 0) is 10.0 Å². The van der Waals surface area contributed by atoms with Gasteiger partial charge in [-0.3, -0.25) is 4.79 Å². The standard InChI is InChI=1S/C13H16Cl2N2O3S/c14-9-4-5-10(21(16,19)20)12(15)11(9)13(18)17-7-6-8-2-1-3-8/h4-5,8H,1-3,6-7H2,(H,17,18)(H2,16,19,20). The third kappa shape index (κ3) is 3.88. The van der Waals surface area contributed by atoms with Gasteiger partial charge in [0.2, 0.25) is 10.0 Å². The summed E-state index contributed by atoms with van der Waals surface area (Å²) >= 11 is 11.9. The van der Waals surface area contributed by atoms with Gasteiger partial charge in [0.1, 0.15) is 4.90 Å². The Bertz CT molecular complexity index is 658. The van der Waals surface area contributed by atoms with Crippen molar-refractivity contribution in [1.29, 1.82) is 0 Å². The summed E-state index contributed by atoms with van der Waals surface area (Å²) in [6, 6.07) is 2.49. The molecule has 0 aromatic heterocycles. The molecule has 1 aromatic carbocycles. The molecule has 1 aliphatic carbocycles. The molecule has 0 bridgehead atoms. The average molecular weight is 351 g/mol. The topological polar surface area (TPSA) is 89.3 Å². The molecule has 21 heavy (non-hydrogen) atoms. The smallest absolute Gasteiger partial charge is 0.254 e. The summed E-state index contributed by atoms with van der Waals surface area (Å²) in [5, 5.41) is 7.62. The van der Waals surface area contributed by atoms with Gasteiger partial charge in [-0.1, -0.05) is 42.5 Å². The summed E-state index contributed by atoms with van der Waals surface area (Å²) < 4.78 is 22.8. The minimum absolute atomic E-state index is 0.0570. The van der Waals surface area contributed by atoms with Crippen LogP contribution in [0.15, 0.2) is 17.0 Å². The van der Waals surface area contributed by atoms with Gasteiger partial charge in [-0.25, -0.2) is 13.6 Å². The number of hydrogen-bond donors (Lipinski definition) is 2. The normalized spacial score (nSPS) is 15.6. The molecule has 0 saturated heterocycles. The number of nitrogens with one attached hydrogen (secondary N) is 1. The number of hydrogen-bond acceptors (Lipinski definition) is 3. The number of amides is 1. The average Bonchev–Trinajstić information content (AvgIpc) is 2.30. The van der Waals surface area contributed by atoms with Gasteiger partial charge in [0.15, 0.2) is 0 Å². The van der Waals surface area contributed by atoms with Gasteiger partial charge in [-0.2, -0.15) is 0 Å². The lowest BCUT2D eigenvalue weighted by molar-refractivity contribution is 0.0949. The number of sulfonamides is 1. The molecule has 1 saturated carbocycles. The highest BCUT2D eigenvalue weighted by molar-refractivity contribution is 7.89. The van der Waals surface area contributed by atoms with Crippen LogP contribution in [0.25, 0.3) is 0 Å².